The van der Waals surface area contributed by atoms with E-state index in [4.69, 9.17) is 0 Å². The molecule has 146 valence electrons. The maximum atomic E-state index is 13.3. The van der Waals surface area contributed by atoms with Gasteiger partial charge in [-0.25, -0.2) is 17.2 Å². The molecule has 0 radical (unpaired) electrons. The van der Waals surface area contributed by atoms with Gasteiger partial charge in [-0.1, -0.05) is 31.5 Å². The number of halogens is 2. The molecule has 1 atom stereocenters. The number of anilines is 1. The molecule has 1 unspecified atom stereocenters. The summed E-state index contributed by atoms with van der Waals surface area (Å²) in [6.45, 7) is 5.52. The number of rotatable bonds is 7. The number of carbonyl (C=O) groups is 1. The Balaban J connectivity index is 2.21. The van der Waals surface area contributed by atoms with Gasteiger partial charge in [0.25, 0.3) is 0 Å². The van der Waals surface area contributed by atoms with Crippen molar-refractivity contribution in [3.63, 3.8) is 0 Å². The van der Waals surface area contributed by atoms with Crippen LogP contribution in [0.25, 0.3) is 0 Å². The third-order valence-electron chi connectivity index (χ3n) is 3.84. The summed E-state index contributed by atoms with van der Waals surface area (Å²) in [7, 11) is -3.92. The molecule has 2 rings (SSSR count). The number of nitrogens with one attached hydrogen (secondary N) is 2. The summed E-state index contributed by atoms with van der Waals surface area (Å²) in [5.74, 6) is -2.77. The summed E-state index contributed by atoms with van der Waals surface area (Å²) in [6.07, 6.45) is 0.237. The van der Waals surface area contributed by atoms with Crippen LogP contribution in [-0.4, -0.2) is 20.4 Å². The molecule has 0 heterocycles. The van der Waals surface area contributed by atoms with E-state index in [-0.39, 0.29) is 22.9 Å². The second kappa shape index (κ2) is 8.58. The lowest BCUT2D eigenvalue weighted by atomic mass is 10.0. The SMILES string of the molecule is Cc1ccc(S(=O)(=O)NC(CC(C)C)C(=O)Nc2ccc(F)c(F)c2)cc1. The average molecular weight is 396 g/mol. The number of sulfonamides is 1. The summed E-state index contributed by atoms with van der Waals surface area (Å²) < 4.78 is 53.9. The fourth-order valence-electron chi connectivity index (χ4n) is 2.46. The molecule has 0 saturated heterocycles. The Kier molecular flexibility index (Phi) is 6.67. The predicted octanol–water partition coefficient (Wildman–Crippen LogP) is 3.60. The molecule has 0 saturated carbocycles. The Bertz CT molecular complexity index is 913. The first-order valence-corrected chi connectivity index (χ1v) is 9.91. The normalized spacial score (nSPS) is 12.8. The maximum absolute atomic E-state index is 13.3. The highest BCUT2D eigenvalue weighted by atomic mass is 32.2. The van der Waals surface area contributed by atoms with E-state index >= 15 is 0 Å². The molecule has 8 heteroatoms. The van der Waals surface area contributed by atoms with Gasteiger partial charge in [0.2, 0.25) is 15.9 Å². The van der Waals surface area contributed by atoms with Gasteiger partial charge in [-0.15, -0.1) is 0 Å². The van der Waals surface area contributed by atoms with Gasteiger partial charge in [-0.2, -0.15) is 4.72 Å². The van der Waals surface area contributed by atoms with Crippen molar-refractivity contribution in [2.24, 2.45) is 5.92 Å². The van der Waals surface area contributed by atoms with Crippen LogP contribution in [0.1, 0.15) is 25.8 Å². The van der Waals surface area contributed by atoms with Crippen molar-refractivity contribution in [1.29, 1.82) is 0 Å². The molecule has 5 nitrogen and oxygen atoms in total. The number of amides is 1. The van der Waals surface area contributed by atoms with Crippen LogP contribution in [0.5, 0.6) is 0 Å². The van der Waals surface area contributed by atoms with E-state index in [1.165, 1.54) is 18.2 Å². The molecule has 0 bridgehead atoms. The van der Waals surface area contributed by atoms with E-state index in [0.29, 0.717) is 0 Å². The molecule has 0 aliphatic heterocycles. The van der Waals surface area contributed by atoms with E-state index < -0.39 is 33.6 Å². The van der Waals surface area contributed by atoms with Gasteiger partial charge >= 0.3 is 0 Å². The highest BCUT2D eigenvalue weighted by Gasteiger charge is 2.26. The highest BCUT2D eigenvalue weighted by Crippen LogP contribution is 2.17. The monoisotopic (exact) mass is 396 g/mol. The van der Waals surface area contributed by atoms with Crippen LogP contribution in [0.4, 0.5) is 14.5 Å². The summed E-state index contributed by atoms with van der Waals surface area (Å²) in [4.78, 5) is 12.6. The fourth-order valence-corrected chi connectivity index (χ4v) is 3.66. The van der Waals surface area contributed by atoms with E-state index in [9.17, 15) is 22.0 Å². The number of carbonyl (C=O) groups excluding carboxylic acids is 1. The van der Waals surface area contributed by atoms with Gasteiger partial charge < -0.3 is 5.32 Å². The number of hydrogen-bond donors (Lipinski definition) is 2. The van der Waals surface area contributed by atoms with Crippen molar-refractivity contribution in [3.05, 3.63) is 59.7 Å². The molecular weight excluding hydrogens is 374 g/mol. The third-order valence-corrected chi connectivity index (χ3v) is 5.33. The largest absolute Gasteiger partial charge is 0.325 e. The molecule has 0 aliphatic carbocycles. The second-order valence-corrected chi connectivity index (χ2v) is 8.45. The Morgan fingerprint density at radius 3 is 2.22 bits per heavy atom. The Hall–Kier alpha value is -2.32. The molecule has 2 aromatic rings. The zero-order chi connectivity index (χ0) is 20.2. The lowest BCUT2D eigenvalue weighted by Crippen LogP contribution is -2.44. The van der Waals surface area contributed by atoms with Crippen molar-refractivity contribution in [1.82, 2.24) is 4.72 Å². The average Bonchev–Trinajstić information content (AvgIpc) is 2.57. The maximum Gasteiger partial charge on any atom is 0.242 e. The molecule has 2 aromatic carbocycles. The topological polar surface area (TPSA) is 75.3 Å². The fraction of sp³-hybridized carbons (Fsp3) is 0.316. The van der Waals surface area contributed by atoms with Crippen molar-refractivity contribution in [2.75, 3.05) is 5.32 Å². The summed E-state index contributed by atoms with van der Waals surface area (Å²) >= 11 is 0. The lowest BCUT2D eigenvalue weighted by Gasteiger charge is -2.20. The Morgan fingerprint density at radius 1 is 1.04 bits per heavy atom. The smallest absolute Gasteiger partial charge is 0.242 e. The van der Waals surface area contributed by atoms with Crippen LogP contribution in [0.2, 0.25) is 0 Å². The van der Waals surface area contributed by atoms with Gasteiger partial charge in [0.15, 0.2) is 11.6 Å². The van der Waals surface area contributed by atoms with Crippen molar-refractivity contribution >= 4 is 21.6 Å². The van der Waals surface area contributed by atoms with Crippen LogP contribution in [0.3, 0.4) is 0 Å². The van der Waals surface area contributed by atoms with Gasteiger partial charge in [0.05, 0.1) is 4.90 Å². The minimum atomic E-state index is -3.92. The lowest BCUT2D eigenvalue weighted by molar-refractivity contribution is -0.118. The number of benzene rings is 2. The molecule has 2 N–H and O–H groups in total. The first-order valence-electron chi connectivity index (χ1n) is 8.43. The predicted molar refractivity (Wildman–Crippen MR) is 99.7 cm³/mol. The van der Waals surface area contributed by atoms with E-state index in [1.807, 2.05) is 20.8 Å². The van der Waals surface area contributed by atoms with E-state index in [1.54, 1.807) is 12.1 Å². The Morgan fingerprint density at radius 2 is 1.67 bits per heavy atom. The molecule has 0 spiro atoms. The molecule has 0 fully saturated rings. The van der Waals surface area contributed by atoms with Gasteiger partial charge in [0.1, 0.15) is 6.04 Å². The van der Waals surface area contributed by atoms with Crippen LogP contribution in [0.15, 0.2) is 47.4 Å². The molecule has 1 amide bonds. The quantitative estimate of drug-likeness (QED) is 0.751. The zero-order valence-corrected chi connectivity index (χ0v) is 16.1. The third kappa shape index (κ3) is 5.83. The molecule has 27 heavy (non-hydrogen) atoms. The number of aryl methyl sites for hydroxylation is 1. The zero-order valence-electron chi connectivity index (χ0n) is 15.3. The summed E-state index contributed by atoms with van der Waals surface area (Å²) in [5.41, 5.74) is 0.950. The number of hydrogen-bond acceptors (Lipinski definition) is 3. The summed E-state index contributed by atoms with van der Waals surface area (Å²) in [5, 5.41) is 2.43. The van der Waals surface area contributed by atoms with Gasteiger partial charge in [-0.05, 0) is 43.5 Å². The first-order chi connectivity index (χ1) is 12.6. The first kappa shape index (κ1) is 21.0. The van der Waals surface area contributed by atoms with E-state index in [0.717, 1.165) is 17.7 Å². The van der Waals surface area contributed by atoms with Crippen LogP contribution in [-0.2, 0) is 14.8 Å². The van der Waals surface area contributed by atoms with E-state index in [2.05, 4.69) is 10.0 Å². The Labute approximate surface area is 157 Å². The minimum absolute atomic E-state index is 0.0198. The standard InChI is InChI=1S/C19H22F2N2O3S/c1-12(2)10-18(19(24)22-14-6-9-16(20)17(21)11-14)23-27(25,26)15-7-4-13(3)5-8-15/h4-9,11-12,18,23H,10H2,1-3H3,(H,22,24). The van der Waals surface area contributed by atoms with Crippen LogP contribution < -0.4 is 10.0 Å². The minimum Gasteiger partial charge on any atom is -0.325 e. The van der Waals surface area contributed by atoms with Crippen molar-refractivity contribution < 1.29 is 22.0 Å². The molecule has 0 aliphatic rings. The van der Waals surface area contributed by atoms with Gasteiger partial charge in [0, 0.05) is 11.8 Å². The highest BCUT2D eigenvalue weighted by molar-refractivity contribution is 7.89. The van der Waals surface area contributed by atoms with Crippen molar-refractivity contribution in [2.45, 2.75) is 38.1 Å². The second-order valence-electron chi connectivity index (χ2n) is 6.73. The molecular formula is C19H22F2N2O3S. The summed E-state index contributed by atoms with van der Waals surface area (Å²) in [6, 6.07) is 8.10. The van der Waals surface area contributed by atoms with Gasteiger partial charge in [-0.3, -0.25) is 4.79 Å². The molecule has 0 aromatic heterocycles. The van der Waals surface area contributed by atoms with Crippen LogP contribution in [0, 0.1) is 24.5 Å². The van der Waals surface area contributed by atoms with Crippen molar-refractivity contribution in [3.8, 4) is 0 Å². The van der Waals surface area contributed by atoms with Crippen LogP contribution >= 0.6 is 0 Å².